The zero-order valence-electron chi connectivity index (χ0n) is 22.3. The van der Waals surface area contributed by atoms with Gasteiger partial charge >= 0.3 is 5.97 Å². The highest BCUT2D eigenvalue weighted by atomic mass is 19.3. The minimum Gasteiger partial charge on any atom is -0.496 e. The number of carbonyl (C=O) groups is 2. The maximum atomic E-state index is 13.4. The van der Waals surface area contributed by atoms with E-state index in [2.05, 4.69) is 9.88 Å². The number of carbonyl (C=O) groups excluding carboxylic acids is 1. The third-order valence-electron chi connectivity index (χ3n) is 7.92. The fourth-order valence-corrected chi connectivity index (χ4v) is 5.95. The van der Waals surface area contributed by atoms with Crippen molar-refractivity contribution in [1.29, 1.82) is 0 Å². The predicted molar refractivity (Wildman–Crippen MR) is 145 cm³/mol. The molecule has 208 valence electrons. The van der Waals surface area contributed by atoms with E-state index in [9.17, 15) is 23.5 Å². The lowest BCUT2D eigenvalue weighted by molar-refractivity contribution is -0.119. The summed E-state index contributed by atoms with van der Waals surface area (Å²) in [6.07, 6.45) is 1.39. The number of fused-ring (bicyclic) bond motifs is 1. The molecule has 0 unspecified atom stereocenters. The van der Waals surface area contributed by atoms with Gasteiger partial charge in [0.1, 0.15) is 5.75 Å². The number of hydrogen-bond acceptors (Lipinski definition) is 5. The van der Waals surface area contributed by atoms with E-state index >= 15 is 0 Å². The van der Waals surface area contributed by atoms with E-state index in [0.717, 1.165) is 46.2 Å². The molecule has 10 heteroatoms. The number of ether oxygens (including phenoxy) is 1. The van der Waals surface area contributed by atoms with Crippen molar-refractivity contribution in [3.8, 4) is 5.75 Å². The predicted octanol–water partition coefficient (Wildman–Crippen LogP) is 4.82. The Morgan fingerprint density at radius 1 is 1.18 bits per heavy atom. The number of carboxylic acids is 1. The van der Waals surface area contributed by atoms with Crippen LogP contribution in [0.15, 0.2) is 36.5 Å². The van der Waals surface area contributed by atoms with Gasteiger partial charge in [-0.05, 0) is 55.2 Å². The molecule has 1 aromatic heterocycles. The van der Waals surface area contributed by atoms with E-state index in [-0.39, 0.29) is 24.1 Å². The standard InChI is InChI=1S/C29H34F2N4O4/c1-18-13-25(39-2)22(20-8-9-32-28(18)20)15-34-12-11-33(17-26(30)31)16-24(34)19-6-7-21(29(37)38)23(14-19)35-10-4-3-5-27(35)36/h6-9,13-14,24,26,32H,3-5,10-12,15-17H2,1-2H3,(H,37,38)/t24-/m0/s1. The minimum absolute atomic E-state index is 0.0648. The summed E-state index contributed by atoms with van der Waals surface area (Å²) in [7, 11) is 1.64. The first-order valence-electron chi connectivity index (χ1n) is 13.3. The second-order valence-electron chi connectivity index (χ2n) is 10.4. The summed E-state index contributed by atoms with van der Waals surface area (Å²) in [6.45, 7) is 4.04. The average molecular weight is 541 g/mol. The number of anilines is 1. The molecule has 3 heterocycles. The van der Waals surface area contributed by atoms with E-state index in [1.165, 1.54) is 6.07 Å². The van der Waals surface area contributed by atoms with Crippen molar-refractivity contribution in [2.45, 2.75) is 45.2 Å². The quantitative estimate of drug-likeness (QED) is 0.426. The number of piperidine rings is 1. The van der Waals surface area contributed by atoms with E-state index in [1.807, 2.05) is 25.3 Å². The molecule has 0 radical (unpaired) electrons. The van der Waals surface area contributed by atoms with E-state index in [1.54, 1.807) is 29.0 Å². The fourth-order valence-electron chi connectivity index (χ4n) is 5.95. The Bertz CT molecular complexity index is 1370. The Labute approximate surface area is 226 Å². The molecule has 2 saturated heterocycles. The molecule has 1 amide bonds. The maximum absolute atomic E-state index is 13.4. The number of halogens is 2. The number of aryl methyl sites for hydroxylation is 1. The number of alkyl halides is 2. The smallest absolute Gasteiger partial charge is 0.337 e. The van der Waals surface area contributed by atoms with E-state index in [0.29, 0.717) is 44.8 Å². The van der Waals surface area contributed by atoms with Crippen LogP contribution < -0.4 is 9.64 Å². The Balaban J connectivity index is 1.55. The van der Waals surface area contributed by atoms with Crippen LogP contribution in [0.5, 0.6) is 5.75 Å². The number of nitrogens with zero attached hydrogens (tertiary/aromatic N) is 3. The van der Waals surface area contributed by atoms with Crippen molar-refractivity contribution in [1.82, 2.24) is 14.8 Å². The van der Waals surface area contributed by atoms with Gasteiger partial charge in [0.25, 0.3) is 6.43 Å². The molecule has 2 N–H and O–H groups in total. The van der Waals surface area contributed by atoms with Crippen LogP contribution in [0.2, 0.25) is 0 Å². The number of hydrogen-bond donors (Lipinski definition) is 2. The zero-order chi connectivity index (χ0) is 27.7. The molecule has 3 aromatic rings. The van der Waals surface area contributed by atoms with Crippen LogP contribution in [-0.4, -0.2) is 78.0 Å². The maximum Gasteiger partial charge on any atom is 0.337 e. The number of methoxy groups -OCH3 is 1. The SMILES string of the molecule is COc1cc(C)c2[nH]ccc2c1CN1CCN(CC(F)F)C[C@H]1c1ccc(C(=O)O)c(N2CCCCC2=O)c1. The number of aromatic amines is 1. The highest BCUT2D eigenvalue weighted by molar-refractivity contribution is 6.02. The summed E-state index contributed by atoms with van der Waals surface area (Å²) >= 11 is 0. The van der Waals surface area contributed by atoms with Crippen LogP contribution in [0.1, 0.15) is 52.4 Å². The summed E-state index contributed by atoms with van der Waals surface area (Å²) in [5, 5.41) is 10.9. The summed E-state index contributed by atoms with van der Waals surface area (Å²) in [5.74, 6) is -0.442. The highest BCUT2D eigenvalue weighted by Gasteiger charge is 2.33. The number of aromatic carboxylic acids is 1. The molecule has 0 saturated carbocycles. The Kier molecular flexibility index (Phi) is 7.86. The Morgan fingerprint density at radius 2 is 2.00 bits per heavy atom. The monoisotopic (exact) mass is 540 g/mol. The van der Waals surface area contributed by atoms with Crippen molar-refractivity contribution in [3.05, 3.63) is 58.8 Å². The van der Waals surface area contributed by atoms with Gasteiger partial charge in [-0.2, -0.15) is 0 Å². The first-order valence-corrected chi connectivity index (χ1v) is 13.3. The normalized spacial score (nSPS) is 19.3. The van der Waals surface area contributed by atoms with Gasteiger partial charge in [-0.3, -0.25) is 14.6 Å². The molecule has 2 fully saturated rings. The van der Waals surface area contributed by atoms with E-state index in [4.69, 9.17) is 4.74 Å². The topological polar surface area (TPSA) is 89.1 Å². The molecule has 39 heavy (non-hydrogen) atoms. The molecule has 0 aliphatic carbocycles. The molecule has 1 atom stereocenters. The van der Waals surface area contributed by atoms with Gasteiger partial charge in [-0.25, -0.2) is 13.6 Å². The summed E-state index contributed by atoms with van der Waals surface area (Å²) in [6, 6.07) is 8.79. The molecule has 5 rings (SSSR count). The Hall–Kier alpha value is -3.50. The highest BCUT2D eigenvalue weighted by Crippen LogP contribution is 2.37. The van der Waals surface area contributed by atoms with Gasteiger partial charge in [0, 0.05) is 67.8 Å². The van der Waals surface area contributed by atoms with Crippen molar-refractivity contribution >= 4 is 28.5 Å². The second-order valence-corrected chi connectivity index (χ2v) is 10.4. The first kappa shape index (κ1) is 27.1. The summed E-state index contributed by atoms with van der Waals surface area (Å²) in [4.78, 5) is 33.7. The van der Waals surface area contributed by atoms with Crippen LogP contribution in [0.4, 0.5) is 14.5 Å². The number of aromatic nitrogens is 1. The number of carboxylic acid groups (broad SMARTS) is 1. The summed E-state index contributed by atoms with van der Waals surface area (Å²) in [5.41, 5.74) is 4.32. The molecule has 0 spiro atoms. The van der Waals surface area contributed by atoms with Gasteiger partial charge < -0.3 is 19.7 Å². The first-order chi connectivity index (χ1) is 18.8. The molecule has 2 aliphatic heterocycles. The number of piperazine rings is 1. The third-order valence-corrected chi connectivity index (χ3v) is 7.92. The molecule has 8 nitrogen and oxygen atoms in total. The number of nitrogens with one attached hydrogen (secondary N) is 1. The molecule has 2 aromatic carbocycles. The van der Waals surface area contributed by atoms with Gasteiger partial charge in [0.2, 0.25) is 5.91 Å². The van der Waals surface area contributed by atoms with Crippen LogP contribution in [0.3, 0.4) is 0 Å². The van der Waals surface area contributed by atoms with Crippen molar-refractivity contribution in [2.75, 3.05) is 44.7 Å². The number of rotatable bonds is 8. The fraction of sp³-hybridized carbons (Fsp3) is 0.448. The van der Waals surface area contributed by atoms with Gasteiger partial charge in [-0.1, -0.05) is 6.07 Å². The second kappa shape index (κ2) is 11.3. The lowest BCUT2D eigenvalue weighted by Crippen LogP contribution is -2.49. The molecule has 0 bridgehead atoms. The zero-order valence-corrected chi connectivity index (χ0v) is 22.3. The van der Waals surface area contributed by atoms with Crippen molar-refractivity contribution in [2.24, 2.45) is 0 Å². The molecular formula is C29H34F2N4O4. The third kappa shape index (κ3) is 5.49. The molecular weight excluding hydrogens is 506 g/mol. The van der Waals surface area contributed by atoms with Crippen LogP contribution >= 0.6 is 0 Å². The minimum atomic E-state index is -2.45. The summed E-state index contributed by atoms with van der Waals surface area (Å²) < 4.78 is 32.5. The largest absolute Gasteiger partial charge is 0.496 e. The van der Waals surface area contributed by atoms with Crippen molar-refractivity contribution < 1.29 is 28.2 Å². The van der Waals surface area contributed by atoms with E-state index < -0.39 is 12.4 Å². The number of amides is 1. The van der Waals surface area contributed by atoms with Gasteiger partial charge in [0.15, 0.2) is 0 Å². The van der Waals surface area contributed by atoms with Crippen LogP contribution in [0, 0.1) is 6.92 Å². The van der Waals surface area contributed by atoms with Gasteiger partial charge in [-0.15, -0.1) is 0 Å². The number of benzene rings is 2. The lowest BCUT2D eigenvalue weighted by Gasteiger charge is -2.42. The van der Waals surface area contributed by atoms with Crippen molar-refractivity contribution in [3.63, 3.8) is 0 Å². The Morgan fingerprint density at radius 3 is 2.72 bits per heavy atom. The van der Waals surface area contributed by atoms with Gasteiger partial charge in [0.05, 0.1) is 24.9 Å². The van der Waals surface area contributed by atoms with Crippen LogP contribution in [-0.2, 0) is 11.3 Å². The number of H-pyrrole nitrogens is 1. The average Bonchev–Trinajstić information content (AvgIpc) is 3.41. The lowest BCUT2D eigenvalue weighted by atomic mass is 9.96. The molecule has 2 aliphatic rings. The van der Waals surface area contributed by atoms with Crippen LogP contribution in [0.25, 0.3) is 10.9 Å².